The van der Waals surface area contributed by atoms with E-state index >= 15 is 0 Å². The first-order valence-electron chi connectivity index (χ1n) is 16.9. The second kappa shape index (κ2) is 11.2. The van der Waals surface area contributed by atoms with Crippen LogP contribution in [0.15, 0.2) is 23.3 Å². The van der Waals surface area contributed by atoms with Gasteiger partial charge in [0.1, 0.15) is 0 Å². The number of aliphatic carboxylic acids is 1. The second-order valence-electron chi connectivity index (χ2n) is 15.1. The smallest absolute Gasteiger partial charge is 0.331 e. The van der Waals surface area contributed by atoms with Crippen LogP contribution in [-0.2, 0) is 9.59 Å². The molecule has 41 heavy (non-hydrogen) atoms. The predicted octanol–water partition coefficient (Wildman–Crippen LogP) is 7.64. The fourth-order valence-electron chi connectivity index (χ4n) is 10.7. The van der Waals surface area contributed by atoms with Crippen LogP contribution < -0.4 is 5.32 Å². The Hall–Kier alpha value is -2.11. The highest BCUT2D eigenvalue weighted by Gasteiger charge is 2.61. The van der Waals surface area contributed by atoms with E-state index in [1.54, 1.807) is 4.90 Å². The highest BCUT2D eigenvalue weighted by molar-refractivity contribution is 5.96. The van der Waals surface area contributed by atoms with Gasteiger partial charge in [0.05, 0.1) is 0 Å². The number of rotatable bonds is 4. The maximum absolute atomic E-state index is 14.6. The first-order chi connectivity index (χ1) is 19.6. The van der Waals surface area contributed by atoms with Crippen LogP contribution in [-0.4, -0.2) is 40.0 Å². The van der Waals surface area contributed by atoms with Crippen molar-refractivity contribution in [3.8, 4) is 0 Å². The van der Waals surface area contributed by atoms with Crippen LogP contribution in [0.5, 0.6) is 0 Å². The SMILES string of the molecule is CC1CC(C(=O)O)=CC2=CC[C@H]3[C@@H]4CC[C@H](C(=O)N(C(=O)NC5CCCCC5)C5CCCCC5)[C@@]4(C)CC[C@@H]3[C@]21C. The molecule has 2 N–H and O–H groups in total. The van der Waals surface area contributed by atoms with E-state index in [-0.39, 0.29) is 46.7 Å². The summed E-state index contributed by atoms with van der Waals surface area (Å²) in [7, 11) is 0. The van der Waals surface area contributed by atoms with E-state index in [4.69, 9.17) is 0 Å². The number of carbonyl (C=O) groups excluding carboxylic acids is 2. The number of imide groups is 1. The van der Waals surface area contributed by atoms with E-state index in [0.717, 1.165) is 83.5 Å². The molecular formula is C35H52N2O4. The van der Waals surface area contributed by atoms with Gasteiger partial charge in [-0.25, -0.2) is 9.59 Å². The third-order valence-corrected chi connectivity index (χ3v) is 13.2. The second-order valence-corrected chi connectivity index (χ2v) is 15.1. The highest BCUT2D eigenvalue weighted by atomic mass is 16.4. The molecule has 3 amide bonds. The Balaban J connectivity index is 1.25. The molecule has 0 saturated heterocycles. The molecule has 1 unspecified atom stereocenters. The minimum atomic E-state index is -0.787. The third kappa shape index (κ3) is 4.89. The van der Waals surface area contributed by atoms with E-state index in [2.05, 4.69) is 32.2 Å². The topological polar surface area (TPSA) is 86.7 Å². The minimum absolute atomic E-state index is 0.0146. The number of fused-ring (bicyclic) bond motifs is 5. The zero-order valence-electron chi connectivity index (χ0n) is 25.6. The van der Waals surface area contributed by atoms with Gasteiger partial charge in [-0.2, -0.15) is 0 Å². The number of nitrogens with one attached hydrogen (secondary N) is 1. The summed E-state index contributed by atoms with van der Waals surface area (Å²) in [6.07, 6.45) is 20.9. The fourth-order valence-corrected chi connectivity index (χ4v) is 10.7. The molecule has 6 rings (SSSR count). The summed E-state index contributed by atoms with van der Waals surface area (Å²) in [5, 5.41) is 13.0. The maximum Gasteiger partial charge on any atom is 0.331 e. The average molecular weight is 565 g/mol. The van der Waals surface area contributed by atoms with Crippen LogP contribution in [0, 0.1) is 40.4 Å². The van der Waals surface area contributed by atoms with Gasteiger partial charge in [0.25, 0.3) is 0 Å². The predicted molar refractivity (Wildman–Crippen MR) is 160 cm³/mol. The molecule has 0 bridgehead atoms. The first kappa shape index (κ1) is 29.0. The molecule has 6 aliphatic rings. The Kier molecular flexibility index (Phi) is 7.91. The molecule has 0 radical (unpaired) electrons. The minimum Gasteiger partial charge on any atom is -0.478 e. The lowest BCUT2D eigenvalue weighted by Gasteiger charge is -2.58. The third-order valence-electron chi connectivity index (χ3n) is 13.2. The molecule has 0 heterocycles. The number of carbonyl (C=O) groups is 3. The highest BCUT2D eigenvalue weighted by Crippen LogP contribution is 2.67. The van der Waals surface area contributed by atoms with E-state index in [0.29, 0.717) is 29.7 Å². The molecular weight excluding hydrogens is 512 g/mol. The molecule has 0 aliphatic heterocycles. The van der Waals surface area contributed by atoms with Crippen molar-refractivity contribution in [2.75, 3.05) is 0 Å². The Morgan fingerprint density at radius 2 is 1.59 bits per heavy atom. The lowest BCUT2D eigenvalue weighted by atomic mass is 9.46. The lowest BCUT2D eigenvalue weighted by Crippen LogP contribution is -2.57. The van der Waals surface area contributed by atoms with Gasteiger partial charge in [0.2, 0.25) is 5.91 Å². The van der Waals surface area contributed by atoms with Crippen LogP contribution in [0.2, 0.25) is 0 Å². The van der Waals surface area contributed by atoms with Gasteiger partial charge >= 0.3 is 12.0 Å². The molecule has 0 aromatic rings. The van der Waals surface area contributed by atoms with Crippen LogP contribution in [0.1, 0.15) is 124 Å². The van der Waals surface area contributed by atoms with E-state index in [9.17, 15) is 19.5 Å². The number of allylic oxidation sites excluding steroid dienone is 3. The van der Waals surface area contributed by atoms with Gasteiger partial charge < -0.3 is 10.4 Å². The molecule has 6 heteroatoms. The zero-order valence-corrected chi connectivity index (χ0v) is 25.6. The molecule has 6 aliphatic carbocycles. The molecule has 0 spiro atoms. The van der Waals surface area contributed by atoms with Crippen molar-refractivity contribution in [2.24, 2.45) is 40.4 Å². The Bertz CT molecular complexity index is 1120. The molecule has 4 fully saturated rings. The van der Waals surface area contributed by atoms with Crippen molar-refractivity contribution in [1.82, 2.24) is 10.2 Å². The molecule has 0 aromatic heterocycles. The first-order valence-corrected chi connectivity index (χ1v) is 16.9. The van der Waals surface area contributed by atoms with Crippen LogP contribution in [0.25, 0.3) is 0 Å². The van der Waals surface area contributed by atoms with Gasteiger partial charge in [-0.3, -0.25) is 9.69 Å². The van der Waals surface area contributed by atoms with E-state index in [1.807, 2.05) is 6.08 Å². The largest absolute Gasteiger partial charge is 0.478 e. The van der Waals surface area contributed by atoms with E-state index in [1.165, 1.54) is 18.4 Å². The number of carboxylic acids is 1. The maximum atomic E-state index is 14.6. The fraction of sp³-hybridized carbons (Fsp3) is 0.800. The Morgan fingerprint density at radius 1 is 0.902 bits per heavy atom. The van der Waals surface area contributed by atoms with Crippen molar-refractivity contribution in [1.29, 1.82) is 0 Å². The van der Waals surface area contributed by atoms with Crippen LogP contribution in [0.4, 0.5) is 4.79 Å². The quantitative estimate of drug-likeness (QED) is 0.367. The average Bonchev–Trinajstić information content (AvgIpc) is 3.32. The van der Waals surface area contributed by atoms with Crippen LogP contribution in [0.3, 0.4) is 0 Å². The van der Waals surface area contributed by atoms with Gasteiger partial charge in [-0.15, -0.1) is 0 Å². The Morgan fingerprint density at radius 3 is 2.27 bits per heavy atom. The van der Waals surface area contributed by atoms with Crippen molar-refractivity contribution in [3.63, 3.8) is 0 Å². The summed E-state index contributed by atoms with van der Waals surface area (Å²) in [6.45, 7) is 7.00. The van der Waals surface area contributed by atoms with Crippen molar-refractivity contribution < 1.29 is 19.5 Å². The van der Waals surface area contributed by atoms with Crippen molar-refractivity contribution >= 4 is 17.9 Å². The van der Waals surface area contributed by atoms with Gasteiger partial charge in [0, 0.05) is 23.6 Å². The molecule has 4 saturated carbocycles. The molecule has 0 aromatic carbocycles. The van der Waals surface area contributed by atoms with E-state index < -0.39 is 5.97 Å². The normalized spacial score (nSPS) is 39.4. The number of amides is 3. The number of carboxylic acid groups (broad SMARTS) is 1. The summed E-state index contributed by atoms with van der Waals surface area (Å²) >= 11 is 0. The standard InChI is InChI=1S/C35H52N2O4/c1-22-20-23(32(39)40)21-24-14-15-27-28-16-17-30(34(28,2)19-18-29(27)35(22,24)3)31(38)37(26-12-8-5-9-13-26)33(41)36-25-10-6-4-7-11-25/h14,21-22,25-30H,4-13,15-20H2,1-3H3,(H,36,41)(H,39,40)/t22?,27-,28-,29-,30+,34-,35-/m0/s1. The summed E-state index contributed by atoms with van der Waals surface area (Å²) in [6, 6.07) is 0.121. The number of hydrogen-bond acceptors (Lipinski definition) is 3. The summed E-state index contributed by atoms with van der Waals surface area (Å²) in [5.74, 6) is 1.01. The van der Waals surface area contributed by atoms with Crippen molar-refractivity contribution in [2.45, 2.75) is 136 Å². The number of nitrogens with zero attached hydrogens (tertiary/aromatic N) is 1. The number of hydrogen-bond donors (Lipinski definition) is 2. The van der Waals surface area contributed by atoms with Gasteiger partial charge in [-0.05, 0) is 110 Å². The monoisotopic (exact) mass is 564 g/mol. The van der Waals surface area contributed by atoms with Crippen molar-refractivity contribution in [3.05, 3.63) is 23.3 Å². The van der Waals surface area contributed by atoms with Gasteiger partial charge in [0.15, 0.2) is 0 Å². The summed E-state index contributed by atoms with van der Waals surface area (Å²) in [5.41, 5.74) is 1.67. The number of urea groups is 1. The summed E-state index contributed by atoms with van der Waals surface area (Å²) < 4.78 is 0. The van der Waals surface area contributed by atoms with Crippen LogP contribution >= 0.6 is 0 Å². The zero-order chi connectivity index (χ0) is 28.9. The lowest BCUT2D eigenvalue weighted by molar-refractivity contribution is -0.142. The Labute approximate surface area is 246 Å². The molecule has 7 atom stereocenters. The van der Waals surface area contributed by atoms with Gasteiger partial charge in [-0.1, -0.05) is 65.4 Å². The molecule has 226 valence electrons. The molecule has 6 nitrogen and oxygen atoms in total. The summed E-state index contributed by atoms with van der Waals surface area (Å²) in [4.78, 5) is 42.0.